The number of nitrogens with two attached hydrogens (primary N) is 1. The highest BCUT2D eigenvalue weighted by Gasteiger charge is 2.04. The molecule has 0 spiro atoms. The molecule has 0 atom stereocenters. The number of rotatable bonds is 3. The molecule has 0 saturated heterocycles. The molecule has 0 bridgehead atoms. The van der Waals surface area contributed by atoms with Gasteiger partial charge in [-0.1, -0.05) is 24.3 Å². The van der Waals surface area contributed by atoms with E-state index in [9.17, 15) is 4.39 Å². The van der Waals surface area contributed by atoms with Gasteiger partial charge in [0.05, 0.1) is 5.03 Å². The smallest absolute Gasteiger partial charge is 0.125 e. The van der Waals surface area contributed by atoms with Crippen LogP contribution in [0.3, 0.4) is 0 Å². The van der Waals surface area contributed by atoms with E-state index in [4.69, 9.17) is 5.73 Å². The molecule has 19 heavy (non-hydrogen) atoms. The Morgan fingerprint density at radius 1 is 1.11 bits per heavy atom. The fourth-order valence-electron chi connectivity index (χ4n) is 1.98. The molecule has 2 nitrogen and oxygen atoms in total. The van der Waals surface area contributed by atoms with Gasteiger partial charge in [-0.3, -0.25) is 0 Å². The Labute approximate surface area is 114 Å². The van der Waals surface area contributed by atoms with Crippen molar-refractivity contribution in [1.82, 2.24) is 4.98 Å². The molecule has 0 unspecified atom stereocenters. The summed E-state index contributed by atoms with van der Waals surface area (Å²) in [5, 5.41) is 2.28. The van der Waals surface area contributed by atoms with Crippen LogP contribution in [0.2, 0.25) is 0 Å². The maximum Gasteiger partial charge on any atom is 0.125 e. The summed E-state index contributed by atoms with van der Waals surface area (Å²) in [6.45, 7) is 0. The van der Waals surface area contributed by atoms with E-state index in [1.165, 1.54) is 17.5 Å². The van der Waals surface area contributed by atoms with Gasteiger partial charge in [-0.25, -0.2) is 4.39 Å². The van der Waals surface area contributed by atoms with Crippen molar-refractivity contribution in [3.05, 3.63) is 59.9 Å². The molecule has 0 amide bonds. The fourth-order valence-corrected chi connectivity index (χ4v) is 2.94. The third-order valence-corrected chi connectivity index (χ3v) is 3.98. The second kappa shape index (κ2) is 4.97. The number of hydrogen-bond donors (Lipinski definition) is 2. The number of aromatic nitrogens is 1. The van der Waals surface area contributed by atoms with Gasteiger partial charge in [0, 0.05) is 22.3 Å². The van der Waals surface area contributed by atoms with Crippen molar-refractivity contribution < 1.29 is 4.39 Å². The van der Waals surface area contributed by atoms with Crippen LogP contribution in [0.25, 0.3) is 10.9 Å². The van der Waals surface area contributed by atoms with Crippen molar-refractivity contribution in [1.29, 1.82) is 0 Å². The summed E-state index contributed by atoms with van der Waals surface area (Å²) in [6.07, 6.45) is 0. The Morgan fingerprint density at radius 3 is 2.74 bits per heavy atom. The first kappa shape index (κ1) is 12.1. The number of hydrogen-bond acceptors (Lipinski definition) is 2. The first-order chi connectivity index (χ1) is 9.22. The molecule has 4 heteroatoms. The van der Waals surface area contributed by atoms with Crippen LogP contribution in [-0.4, -0.2) is 4.98 Å². The van der Waals surface area contributed by atoms with Gasteiger partial charge >= 0.3 is 0 Å². The van der Waals surface area contributed by atoms with E-state index < -0.39 is 0 Å². The summed E-state index contributed by atoms with van der Waals surface area (Å²) in [6, 6.07) is 14.8. The number of H-pyrrole nitrogens is 1. The van der Waals surface area contributed by atoms with Crippen LogP contribution < -0.4 is 5.73 Å². The first-order valence-corrected chi connectivity index (χ1v) is 6.95. The van der Waals surface area contributed by atoms with E-state index in [1.807, 2.05) is 18.2 Å². The van der Waals surface area contributed by atoms with E-state index in [0.29, 0.717) is 5.69 Å². The number of nitrogen functional groups attached to an aromatic ring is 1. The van der Waals surface area contributed by atoms with Gasteiger partial charge in [-0.15, -0.1) is 11.8 Å². The highest BCUT2D eigenvalue weighted by Crippen LogP contribution is 2.28. The zero-order valence-corrected chi connectivity index (χ0v) is 11.0. The number of nitrogens with one attached hydrogen (secondary N) is 1. The van der Waals surface area contributed by atoms with Crippen LogP contribution in [-0.2, 0) is 5.75 Å². The quantitative estimate of drug-likeness (QED) is 0.554. The molecule has 0 aliphatic carbocycles. The van der Waals surface area contributed by atoms with Gasteiger partial charge in [0.15, 0.2) is 0 Å². The molecule has 0 aliphatic rings. The van der Waals surface area contributed by atoms with Crippen LogP contribution in [0.15, 0.2) is 53.6 Å². The lowest BCUT2D eigenvalue weighted by Crippen LogP contribution is -1.93. The number of thioether (sulfide) groups is 1. The number of halogens is 1. The maximum atomic E-state index is 13.0. The Morgan fingerprint density at radius 2 is 1.95 bits per heavy atom. The van der Waals surface area contributed by atoms with Gasteiger partial charge in [-0.05, 0) is 29.8 Å². The van der Waals surface area contributed by atoms with Gasteiger partial charge in [0.2, 0.25) is 0 Å². The number of para-hydroxylation sites is 1. The average Bonchev–Trinajstić information content (AvgIpc) is 2.80. The molecule has 3 N–H and O–H groups in total. The first-order valence-electron chi connectivity index (χ1n) is 5.97. The Balaban J connectivity index is 1.78. The molecular weight excluding hydrogens is 259 g/mol. The van der Waals surface area contributed by atoms with Crippen molar-refractivity contribution in [2.24, 2.45) is 0 Å². The molecule has 1 heterocycles. The highest BCUT2D eigenvalue weighted by atomic mass is 32.2. The average molecular weight is 272 g/mol. The minimum atomic E-state index is -0.295. The zero-order chi connectivity index (χ0) is 13.2. The van der Waals surface area contributed by atoms with E-state index >= 15 is 0 Å². The van der Waals surface area contributed by atoms with Crippen molar-refractivity contribution in [2.45, 2.75) is 10.8 Å². The lowest BCUT2D eigenvalue weighted by Gasteiger charge is -2.04. The van der Waals surface area contributed by atoms with E-state index in [2.05, 4.69) is 17.1 Å². The third kappa shape index (κ3) is 2.58. The van der Waals surface area contributed by atoms with E-state index in [1.54, 1.807) is 17.8 Å². The number of benzene rings is 2. The largest absolute Gasteiger partial charge is 0.398 e. The Kier molecular flexibility index (Phi) is 3.17. The van der Waals surface area contributed by atoms with Crippen molar-refractivity contribution >= 4 is 28.4 Å². The number of fused-ring (bicyclic) bond motifs is 1. The van der Waals surface area contributed by atoms with Crippen molar-refractivity contribution in [3.63, 3.8) is 0 Å². The number of aromatic amines is 1. The lowest BCUT2D eigenvalue weighted by atomic mass is 10.2. The standard InChI is InChI=1S/C15H13FN2S/c16-12-6-5-11(13(17)8-12)9-19-15-7-10-3-1-2-4-14(10)18-15/h1-8,18H,9,17H2. The molecule has 2 aromatic carbocycles. The second-order valence-electron chi connectivity index (χ2n) is 4.35. The summed E-state index contributed by atoms with van der Waals surface area (Å²) < 4.78 is 13.0. The van der Waals surface area contributed by atoms with Crippen molar-refractivity contribution in [2.75, 3.05) is 5.73 Å². The molecule has 0 fully saturated rings. The fraction of sp³-hybridized carbons (Fsp3) is 0.0667. The predicted octanol–water partition coefficient (Wildman–Crippen LogP) is 4.18. The normalized spacial score (nSPS) is 11.0. The monoisotopic (exact) mass is 272 g/mol. The molecule has 0 saturated carbocycles. The Hall–Kier alpha value is -1.94. The summed E-state index contributed by atoms with van der Waals surface area (Å²) in [7, 11) is 0. The van der Waals surface area contributed by atoms with Gasteiger partial charge in [0.25, 0.3) is 0 Å². The molecule has 3 rings (SSSR count). The molecule has 1 aromatic heterocycles. The maximum absolute atomic E-state index is 13.0. The molecule has 0 radical (unpaired) electrons. The van der Waals surface area contributed by atoms with Crippen LogP contribution in [0.5, 0.6) is 0 Å². The summed E-state index contributed by atoms with van der Waals surface area (Å²) in [4.78, 5) is 3.34. The van der Waals surface area contributed by atoms with Crippen LogP contribution in [0, 0.1) is 5.82 Å². The van der Waals surface area contributed by atoms with Crippen LogP contribution >= 0.6 is 11.8 Å². The second-order valence-corrected chi connectivity index (χ2v) is 5.37. The molecular formula is C15H13FN2S. The Bertz CT molecular complexity index is 688. The van der Waals surface area contributed by atoms with Gasteiger partial charge in [-0.2, -0.15) is 0 Å². The van der Waals surface area contributed by atoms with Gasteiger partial charge < -0.3 is 10.7 Å². The van der Waals surface area contributed by atoms with E-state index in [-0.39, 0.29) is 5.82 Å². The summed E-state index contributed by atoms with van der Waals surface area (Å²) in [5.41, 5.74) is 8.37. The van der Waals surface area contributed by atoms with E-state index in [0.717, 1.165) is 21.9 Å². The molecule has 0 aliphatic heterocycles. The molecule has 3 aromatic rings. The third-order valence-electron chi connectivity index (χ3n) is 3.00. The predicted molar refractivity (Wildman–Crippen MR) is 78.7 cm³/mol. The zero-order valence-electron chi connectivity index (χ0n) is 10.2. The summed E-state index contributed by atoms with van der Waals surface area (Å²) >= 11 is 1.66. The van der Waals surface area contributed by atoms with Crippen LogP contribution in [0.4, 0.5) is 10.1 Å². The van der Waals surface area contributed by atoms with Crippen molar-refractivity contribution in [3.8, 4) is 0 Å². The number of anilines is 1. The molecule has 96 valence electrons. The SMILES string of the molecule is Nc1cc(F)ccc1CSc1cc2ccccc2[nH]1. The highest BCUT2D eigenvalue weighted by molar-refractivity contribution is 7.98. The lowest BCUT2D eigenvalue weighted by molar-refractivity contribution is 0.628. The minimum absolute atomic E-state index is 0.295. The van der Waals surface area contributed by atoms with Crippen LogP contribution in [0.1, 0.15) is 5.56 Å². The topological polar surface area (TPSA) is 41.8 Å². The van der Waals surface area contributed by atoms with Gasteiger partial charge in [0.1, 0.15) is 5.82 Å². The summed E-state index contributed by atoms with van der Waals surface area (Å²) in [5.74, 6) is 0.427. The minimum Gasteiger partial charge on any atom is -0.398 e.